The third-order valence-corrected chi connectivity index (χ3v) is 11.1. The molecule has 6 nitrogen and oxygen atoms in total. The zero-order chi connectivity index (χ0) is 26.1. The first-order valence-electron chi connectivity index (χ1n) is 13.5. The highest BCUT2D eigenvalue weighted by molar-refractivity contribution is 6.06. The van der Waals surface area contributed by atoms with Gasteiger partial charge in [-0.3, -0.25) is 9.59 Å². The lowest BCUT2D eigenvalue weighted by molar-refractivity contribution is -0.241. The smallest absolute Gasteiger partial charge is 0.313 e. The standard InChI is InChI=1S/C32H30O6/c1-35-27-19-11-15-7-5-6-8-16(15)12-20(19)28(36-2)24-22-14-21(23(24)27)25-26(22)32(30(34)38-4)18-10-9-17(13-18)31(25,32)29(33)37-3/h5-12,17-18,21-22,25-26H,13-14H2,1-4H3/t17-,18+,21+,22-,25+,26-,31-,32+. The lowest BCUT2D eigenvalue weighted by atomic mass is 9.32. The van der Waals surface area contributed by atoms with Gasteiger partial charge >= 0.3 is 11.9 Å². The van der Waals surface area contributed by atoms with Crippen molar-refractivity contribution in [1.82, 2.24) is 0 Å². The van der Waals surface area contributed by atoms with E-state index in [4.69, 9.17) is 18.9 Å². The van der Waals surface area contributed by atoms with Gasteiger partial charge in [0.05, 0.1) is 39.3 Å². The van der Waals surface area contributed by atoms with Crippen molar-refractivity contribution in [3.05, 3.63) is 59.7 Å². The van der Waals surface area contributed by atoms with Crippen molar-refractivity contribution in [1.29, 1.82) is 0 Å². The number of fused-ring (bicyclic) bond motifs is 17. The molecule has 3 aromatic carbocycles. The fraction of sp³-hybridized carbons (Fsp3) is 0.438. The minimum absolute atomic E-state index is 0.0111. The number of rotatable bonds is 4. The van der Waals surface area contributed by atoms with Crippen molar-refractivity contribution in [2.24, 2.45) is 34.5 Å². The molecule has 0 heterocycles. The Labute approximate surface area is 220 Å². The summed E-state index contributed by atoms with van der Waals surface area (Å²) in [6.45, 7) is 0. The van der Waals surface area contributed by atoms with E-state index in [1.54, 1.807) is 14.2 Å². The Hall–Kier alpha value is -3.54. The number of carbonyl (C=O) groups is 2. The average Bonchev–Trinajstić information content (AvgIpc) is 3.69. The molecule has 8 atom stereocenters. The molecule has 194 valence electrons. The zero-order valence-corrected chi connectivity index (χ0v) is 21.9. The van der Waals surface area contributed by atoms with Crippen LogP contribution in [-0.4, -0.2) is 40.4 Å². The SMILES string of the molecule is COC(=O)[C@@]12[C@@H]3[C@@H]([C@@H]4C[C@H]3c3c4c(OC)c4cc5ccccc5cc4c3OC)[C@]1(C(=O)OC)[C@H]1C=C[C@@H]2C1. The first-order chi connectivity index (χ1) is 18.5. The van der Waals surface area contributed by atoms with E-state index in [9.17, 15) is 9.59 Å². The largest absolute Gasteiger partial charge is 0.496 e. The summed E-state index contributed by atoms with van der Waals surface area (Å²) < 4.78 is 23.4. The number of esters is 2. The van der Waals surface area contributed by atoms with Gasteiger partial charge in [0.15, 0.2) is 0 Å². The van der Waals surface area contributed by atoms with E-state index in [1.807, 2.05) is 12.1 Å². The van der Waals surface area contributed by atoms with E-state index >= 15 is 0 Å². The third kappa shape index (κ3) is 2.04. The highest BCUT2D eigenvalue weighted by Gasteiger charge is 2.91. The quantitative estimate of drug-likeness (QED) is 0.204. The predicted octanol–water partition coefficient (Wildman–Crippen LogP) is 5.37. The molecule has 3 saturated carbocycles. The maximum absolute atomic E-state index is 13.9. The van der Waals surface area contributed by atoms with Gasteiger partial charge in [0, 0.05) is 21.9 Å². The van der Waals surface area contributed by atoms with E-state index in [1.165, 1.54) is 14.2 Å². The summed E-state index contributed by atoms with van der Waals surface area (Å²) in [6.07, 6.45) is 5.95. The number of methoxy groups -OCH3 is 4. The number of hydrogen-bond acceptors (Lipinski definition) is 6. The molecule has 0 aromatic heterocycles. The Morgan fingerprint density at radius 3 is 1.55 bits per heavy atom. The molecule has 6 heteroatoms. The number of carbonyl (C=O) groups excluding carboxylic acids is 2. The summed E-state index contributed by atoms with van der Waals surface area (Å²) in [4.78, 5) is 27.7. The van der Waals surface area contributed by atoms with Gasteiger partial charge in [-0.2, -0.15) is 0 Å². The van der Waals surface area contributed by atoms with Gasteiger partial charge in [-0.05, 0) is 71.3 Å². The molecule has 5 aliphatic carbocycles. The Morgan fingerprint density at radius 1 is 0.711 bits per heavy atom. The zero-order valence-electron chi connectivity index (χ0n) is 21.9. The maximum atomic E-state index is 13.9. The summed E-state index contributed by atoms with van der Waals surface area (Å²) in [5.41, 5.74) is 0.470. The maximum Gasteiger partial charge on any atom is 0.313 e. The molecule has 8 rings (SSSR count). The second-order valence-corrected chi connectivity index (χ2v) is 11.7. The Bertz CT molecular complexity index is 1510. The highest BCUT2D eigenvalue weighted by atomic mass is 16.5. The van der Waals surface area contributed by atoms with Crippen LogP contribution in [-0.2, 0) is 19.1 Å². The molecule has 0 spiro atoms. The third-order valence-electron chi connectivity index (χ3n) is 11.1. The van der Waals surface area contributed by atoms with Crippen molar-refractivity contribution >= 4 is 33.5 Å². The van der Waals surface area contributed by atoms with Gasteiger partial charge in [-0.15, -0.1) is 0 Å². The van der Waals surface area contributed by atoms with Crippen molar-refractivity contribution in [2.45, 2.75) is 24.7 Å². The van der Waals surface area contributed by atoms with Gasteiger partial charge in [-0.1, -0.05) is 36.4 Å². The average molecular weight is 511 g/mol. The summed E-state index contributed by atoms with van der Waals surface area (Å²) in [6, 6.07) is 12.7. The molecule has 0 amide bonds. The number of allylic oxidation sites excluding steroid dienone is 2. The van der Waals surface area contributed by atoms with Gasteiger partial charge in [0.1, 0.15) is 11.5 Å². The van der Waals surface area contributed by atoms with Gasteiger partial charge < -0.3 is 18.9 Å². The molecule has 38 heavy (non-hydrogen) atoms. The lowest BCUT2D eigenvalue weighted by Gasteiger charge is -2.67. The van der Waals surface area contributed by atoms with Crippen LogP contribution in [0.4, 0.5) is 0 Å². The van der Waals surface area contributed by atoms with Crippen LogP contribution >= 0.6 is 0 Å². The fourth-order valence-electron chi connectivity index (χ4n) is 10.4. The monoisotopic (exact) mass is 510 g/mol. The summed E-state index contributed by atoms with van der Waals surface area (Å²) in [5.74, 6) is 1.25. The Kier molecular flexibility index (Phi) is 4.19. The first-order valence-corrected chi connectivity index (χ1v) is 13.5. The molecule has 4 bridgehead atoms. The van der Waals surface area contributed by atoms with Crippen LogP contribution in [0, 0.1) is 34.5 Å². The van der Waals surface area contributed by atoms with E-state index in [-0.39, 0.29) is 47.4 Å². The minimum Gasteiger partial charge on any atom is -0.496 e. The number of benzene rings is 3. The van der Waals surface area contributed by atoms with Crippen LogP contribution in [0.2, 0.25) is 0 Å². The molecule has 0 saturated heterocycles. The van der Waals surface area contributed by atoms with E-state index in [2.05, 4.69) is 36.4 Å². The molecule has 0 radical (unpaired) electrons. The van der Waals surface area contributed by atoms with Crippen molar-refractivity contribution in [2.75, 3.05) is 28.4 Å². The molecule has 0 N–H and O–H groups in total. The Balaban J connectivity index is 1.44. The topological polar surface area (TPSA) is 71.1 Å². The van der Waals surface area contributed by atoms with Crippen molar-refractivity contribution < 1.29 is 28.5 Å². The van der Waals surface area contributed by atoms with Gasteiger partial charge in [-0.25, -0.2) is 0 Å². The fourth-order valence-corrected chi connectivity index (χ4v) is 10.4. The lowest BCUT2D eigenvalue weighted by Crippen LogP contribution is -2.74. The Morgan fingerprint density at radius 2 is 1.16 bits per heavy atom. The molecule has 0 aliphatic heterocycles. The summed E-state index contributed by atoms with van der Waals surface area (Å²) in [7, 11) is 6.36. The van der Waals surface area contributed by atoms with Gasteiger partial charge in [0.2, 0.25) is 0 Å². The molecule has 5 aliphatic rings. The van der Waals surface area contributed by atoms with E-state index in [0.717, 1.165) is 57.0 Å². The van der Waals surface area contributed by atoms with Crippen LogP contribution < -0.4 is 9.47 Å². The molecular formula is C32H30O6. The van der Waals surface area contributed by atoms with Gasteiger partial charge in [0.25, 0.3) is 0 Å². The first kappa shape index (κ1) is 22.4. The minimum atomic E-state index is -0.910. The van der Waals surface area contributed by atoms with Crippen molar-refractivity contribution in [3.8, 4) is 11.5 Å². The molecule has 0 unspecified atom stereocenters. The highest BCUT2D eigenvalue weighted by Crippen LogP contribution is 2.89. The molecule has 3 aromatic rings. The van der Waals surface area contributed by atoms with E-state index in [0.29, 0.717) is 0 Å². The summed E-state index contributed by atoms with van der Waals surface area (Å²) >= 11 is 0. The molecule has 3 fully saturated rings. The predicted molar refractivity (Wildman–Crippen MR) is 141 cm³/mol. The number of hydrogen-bond donors (Lipinski definition) is 0. The molecular weight excluding hydrogens is 480 g/mol. The second-order valence-electron chi connectivity index (χ2n) is 11.7. The van der Waals surface area contributed by atoms with E-state index < -0.39 is 10.8 Å². The second kappa shape index (κ2) is 7.10. The van der Waals surface area contributed by atoms with Crippen LogP contribution in [0.5, 0.6) is 11.5 Å². The summed E-state index contributed by atoms with van der Waals surface area (Å²) in [5, 5.41) is 4.31. The van der Waals surface area contributed by atoms with Crippen LogP contribution in [0.15, 0.2) is 48.6 Å². The van der Waals surface area contributed by atoms with Crippen LogP contribution in [0.25, 0.3) is 21.5 Å². The number of ether oxygens (including phenoxy) is 4. The normalized spacial score (nSPS) is 36.5. The van der Waals surface area contributed by atoms with Crippen LogP contribution in [0.1, 0.15) is 35.8 Å². The van der Waals surface area contributed by atoms with Crippen molar-refractivity contribution in [3.63, 3.8) is 0 Å². The van der Waals surface area contributed by atoms with Crippen LogP contribution in [0.3, 0.4) is 0 Å².